The van der Waals surface area contributed by atoms with Crippen molar-refractivity contribution in [1.29, 1.82) is 0 Å². The second-order valence-electron chi connectivity index (χ2n) is 5.39. The van der Waals surface area contributed by atoms with Crippen LogP contribution in [0.5, 0.6) is 11.6 Å². The van der Waals surface area contributed by atoms with Crippen molar-refractivity contribution in [3.05, 3.63) is 41.0 Å². The lowest BCUT2D eigenvalue weighted by molar-refractivity contribution is 0.399. The van der Waals surface area contributed by atoms with Gasteiger partial charge in [-0.1, -0.05) is 17.7 Å². The standard InChI is InChI=1S/C17H14ClN5O2/c1-9-15-22-21-11-7-8-13(25-3)20-16(11)23(15)17(19-9)14-10(18)5-4-6-12(14)24-2/h4-8H,1-3H3. The Morgan fingerprint density at radius 2 is 1.80 bits per heavy atom. The molecule has 25 heavy (non-hydrogen) atoms. The number of aryl methyl sites for hydroxylation is 1. The number of benzene rings is 1. The van der Waals surface area contributed by atoms with Crippen molar-refractivity contribution in [2.24, 2.45) is 0 Å². The summed E-state index contributed by atoms with van der Waals surface area (Å²) in [6, 6.07) is 8.99. The molecular weight excluding hydrogens is 342 g/mol. The van der Waals surface area contributed by atoms with Crippen LogP contribution in [-0.2, 0) is 0 Å². The number of aromatic nitrogens is 5. The highest BCUT2D eigenvalue weighted by Gasteiger charge is 2.21. The van der Waals surface area contributed by atoms with Crippen LogP contribution < -0.4 is 9.47 Å². The van der Waals surface area contributed by atoms with Gasteiger partial charge in [0, 0.05) is 6.07 Å². The molecule has 4 rings (SSSR count). The molecule has 0 aliphatic rings. The zero-order valence-electron chi connectivity index (χ0n) is 13.8. The van der Waals surface area contributed by atoms with E-state index in [-0.39, 0.29) is 0 Å². The van der Waals surface area contributed by atoms with E-state index in [9.17, 15) is 0 Å². The van der Waals surface area contributed by atoms with E-state index in [0.29, 0.717) is 44.9 Å². The SMILES string of the molecule is COc1ccc2nnc3c(C)nc(-c4c(Cl)cccc4OC)n3c2n1. The van der Waals surface area contributed by atoms with Crippen LogP contribution >= 0.6 is 11.6 Å². The fourth-order valence-electron chi connectivity index (χ4n) is 2.78. The van der Waals surface area contributed by atoms with Crippen LogP contribution in [0, 0.1) is 6.92 Å². The summed E-state index contributed by atoms with van der Waals surface area (Å²) < 4.78 is 12.5. The van der Waals surface area contributed by atoms with Crippen LogP contribution in [-0.4, -0.2) is 38.8 Å². The quantitative estimate of drug-likeness (QED) is 0.561. The first kappa shape index (κ1) is 15.6. The number of rotatable bonds is 3. The van der Waals surface area contributed by atoms with E-state index in [1.165, 1.54) is 0 Å². The van der Waals surface area contributed by atoms with E-state index in [4.69, 9.17) is 21.1 Å². The zero-order valence-corrected chi connectivity index (χ0v) is 14.6. The Kier molecular flexibility index (Phi) is 3.65. The van der Waals surface area contributed by atoms with Gasteiger partial charge < -0.3 is 9.47 Å². The highest BCUT2D eigenvalue weighted by Crippen LogP contribution is 2.37. The number of ether oxygens (including phenoxy) is 2. The van der Waals surface area contributed by atoms with Crippen molar-refractivity contribution in [3.8, 4) is 23.0 Å². The number of halogens is 1. The van der Waals surface area contributed by atoms with E-state index in [2.05, 4.69) is 20.2 Å². The number of pyridine rings is 1. The lowest BCUT2D eigenvalue weighted by Crippen LogP contribution is -2.01. The van der Waals surface area contributed by atoms with E-state index >= 15 is 0 Å². The minimum absolute atomic E-state index is 0.477. The molecule has 4 aromatic rings. The molecule has 0 saturated carbocycles. The lowest BCUT2D eigenvalue weighted by Gasteiger charge is -2.10. The molecule has 3 aromatic heterocycles. The minimum atomic E-state index is 0.477. The van der Waals surface area contributed by atoms with Crippen LogP contribution in [0.2, 0.25) is 5.02 Å². The third-order valence-electron chi connectivity index (χ3n) is 3.94. The Hall–Kier alpha value is -2.93. The summed E-state index contributed by atoms with van der Waals surface area (Å²) >= 11 is 6.45. The van der Waals surface area contributed by atoms with Gasteiger partial charge in [0.2, 0.25) is 5.88 Å². The van der Waals surface area contributed by atoms with E-state index in [1.807, 2.05) is 23.5 Å². The first-order chi connectivity index (χ1) is 12.1. The highest BCUT2D eigenvalue weighted by atomic mass is 35.5. The highest BCUT2D eigenvalue weighted by molar-refractivity contribution is 6.33. The second kappa shape index (κ2) is 5.86. The van der Waals surface area contributed by atoms with Crippen LogP contribution in [0.15, 0.2) is 30.3 Å². The van der Waals surface area contributed by atoms with Gasteiger partial charge in [-0.15, -0.1) is 10.2 Å². The van der Waals surface area contributed by atoms with E-state index < -0.39 is 0 Å². The third kappa shape index (κ3) is 2.35. The van der Waals surface area contributed by atoms with Gasteiger partial charge in [-0.05, 0) is 25.1 Å². The van der Waals surface area contributed by atoms with Gasteiger partial charge in [0.1, 0.15) is 11.3 Å². The Balaban J connectivity index is 2.17. The summed E-state index contributed by atoms with van der Waals surface area (Å²) in [6.07, 6.45) is 0. The molecule has 0 aliphatic heterocycles. The lowest BCUT2D eigenvalue weighted by atomic mass is 10.2. The number of methoxy groups -OCH3 is 2. The van der Waals surface area contributed by atoms with Crippen molar-refractivity contribution in [3.63, 3.8) is 0 Å². The van der Waals surface area contributed by atoms with Crippen molar-refractivity contribution in [1.82, 2.24) is 24.6 Å². The van der Waals surface area contributed by atoms with Gasteiger partial charge in [-0.2, -0.15) is 4.98 Å². The summed E-state index contributed by atoms with van der Waals surface area (Å²) in [5, 5.41) is 9.03. The predicted octanol–water partition coefficient (Wildman–Crippen LogP) is 3.32. The molecule has 0 saturated heterocycles. The second-order valence-corrected chi connectivity index (χ2v) is 5.80. The van der Waals surface area contributed by atoms with Gasteiger partial charge >= 0.3 is 0 Å². The summed E-state index contributed by atoms with van der Waals surface area (Å²) in [4.78, 5) is 9.17. The normalized spacial score (nSPS) is 11.2. The zero-order chi connectivity index (χ0) is 17.6. The van der Waals surface area contributed by atoms with Crippen molar-refractivity contribution in [2.75, 3.05) is 14.2 Å². The molecule has 3 heterocycles. The molecule has 0 amide bonds. The van der Waals surface area contributed by atoms with E-state index in [1.54, 1.807) is 32.4 Å². The number of fused-ring (bicyclic) bond motifs is 3. The van der Waals surface area contributed by atoms with Gasteiger partial charge in [0.25, 0.3) is 0 Å². The van der Waals surface area contributed by atoms with Crippen molar-refractivity contribution >= 4 is 28.4 Å². The first-order valence-corrected chi connectivity index (χ1v) is 7.91. The van der Waals surface area contributed by atoms with Gasteiger partial charge in [-0.3, -0.25) is 4.40 Å². The van der Waals surface area contributed by atoms with Crippen molar-refractivity contribution < 1.29 is 9.47 Å². The maximum atomic E-state index is 6.45. The van der Waals surface area contributed by atoms with Crippen molar-refractivity contribution in [2.45, 2.75) is 6.92 Å². The van der Waals surface area contributed by atoms with Gasteiger partial charge in [-0.25, -0.2) is 4.98 Å². The average Bonchev–Trinajstić information content (AvgIpc) is 2.97. The molecular formula is C17H14ClN5O2. The molecule has 0 aliphatic carbocycles. The predicted molar refractivity (Wildman–Crippen MR) is 94.4 cm³/mol. The van der Waals surface area contributed by atoms with Crippen LogP contribution in [0.1, 0.15) is 5.69 Å². The van der Waals surface area contributed by atoms with Gasteiger partial charge in [0.05, 0.1) is 30.5 Å². The average molecular weight is 356 g/mol. The Bertz CT molecular complexity index is 1110. The van der Waals surface area contributed by atoms with Crippen LogP contribution in [0.4, 0.5) is 0 Å². The molecule has 0 radical (unpaired) electrons. The molecule has 126 valence electrons. The summed E-state index contributed by atoms with van der Waals surface area (Å²) in [7, 11) is 3.16. The Morgan fingerprint density at radius 1 is 0.960 bits per heavy atom. The number of hydrogen-bond donors (Lipinski definition) is 0. The maximum absolute atomic E-state index is 6.45. The third-order valence-corrected chi connectivity index (χ3v) is 4.26. The van der Waals surface area contributed by atoms with Gasteiger partial charge in [0.15, 0.2) is 17.1 Å². The molecule has 0 atom stereocenters. The maximum Gasteiger partial charge on any atom is 0.215 e. The number of imidazole rings is 1. The fourth-order valence-corrected chi connectivity index (χ4v) is 3.03. The molecule has 0 fully saturated rings. The fraction of sp³-hybridized carbons (Fsp3) is 0.176. The summed E-state index contributed by atoms with van der Waals surface area (Å²) in [6.45, 7) is 1.86. The Morgan fingerprint density at radius 3 is 2.56 bits per heavy atom. The largest absolute Gasteiger partial charge is 0.496 e. The molecule has 7 nitrogen and oxygen atoms in total. The topological polar surface area (TPSA) is 74.4 Å². The van der Waals surface area contributed by atoms with E-state index in [0.717, 1.165) is 5.69 Å². The monoisotopic (exact) mass is 355 g/mol. The summed E-state index contributed by atoms with van der Waals surface area (Å²) in [5.41, 5.74) is 3.20. The molecule has 0 bridgehead atoms. The van der Waals surface area contributed by atoms with Crippen LogP contribution in [0.3, 0.4) is 0 Å². The minimum Gasteiger partial charge on any atom is -0.496 e. The molecule has 1 aromatic carbocycles. The molecule has 0 unspecified atom stereocenters. The number of nitrogens with zero attached hydrogens (tertiary/aromatic N) is 5. The van der Waals surface area contributed by atoms with Crippen LogP contribution in [0.25, 0.3) is 28.2 Å². The first-order valence-electron chi connectivity index (χ1n) is 7.53. The number of hydrogen-bond acceptors (Lipinski definition) is 6. The molecule has 0 N–H and O–H groups in total. The molecule has 8 heteroatoms. The summed E-state index contributed by atoms with van der Waals surface area (Å²) in [5.74, 6) is 1.69. The Labute approximate surface area is 148 Å². The smallest absolute Gasteiger partial charge is 0.215 e. The molecule has 0 spiro atoms.